The highest BCUT2D eigenvalue weighted by Crippen LogP contribution is 2.50. The van der Waals surface area contributed by atoms with E-state index in [2.05, 4.69) is 328 Å². The predicted molar refractivity (Wildman–Crippen MR) is 373 cm³/mol. The molecule has 19 aromatic rings. The molecule has 1 N–H and O–H groups in total. The van der Waals surface area contributed by atoms with Crippen LogP contribution in [0.3, 0.4) is 0 Å². The summed E-state index contributed by atoms with van der Waals surface area (Å²) in [5.41, 5.74) is 23.5. The largest absolute Gasteiger partial charge is 0.354 e. The van der Waals surface area contributed by atoms with Crippen LogP contribution in [-0.2, 0) is 0 Å². The molecule has 0 saturated heterocycles. The number of hydrogen-bond donors (Lipinski definition) is 1. The number of fused-ring (bicyclic) bond motifs is 19. The van der Waals surface area contributed by atoms with Crippen LogP contribution in [0.25, 0.3) is 181 Å². The Hall–Kier alpha value is -11.7. The summed E-state index contributed by atoms with van der Waals surface area (Å²) in [6.07, 6.45) is 0. The molecule has 0 unspecified atom stereocenters. The zero-order valence-corrected chi connectivity index (χ0v) is 47.8. The van der Waals surface area contributed by atoms with E-state index >= 15 is 0 Å². The Kier molecular flexibility index (Phi) is 10.4. The topological polar surface area (TPSA) is 30.6 Å². The van der Waals surface area contributed by atoms with Gasteiger partial charge in [0.1, 0.15) is 0 Å². The van der Waals surface area contributed by atoms with Gasteiger partial charge in [0, 0.05) is 76.1 Å². The third-order valence-electron chi connectivity index (χ3n) is 19.0. The van der Waals surface area contributed by atoms with Gasteiger partial charge in [0.15, 0.2) is 0 Å². The van der Waals surface area contributed by atoms with Crippen molar-refractivity contribution in [1.29, 1.82) is 0 Å². The number of benzene rings is 15. The van der Waals surface area contributed by atoms with E-state index in [0.29, 0.717) is 0 Å². The average molecular weight is 1120 g/mol. The Morgan fingerprint density at radius 1 is 0.227 bits per heavy atom. The Morgan fingerprint density at radius 2 is 0.659 bits per heavy atom. The van der Waals surface area contributed by atoms with Crippen molar-refractivity contribution >= 4 is 120 Å². The first kappa shape index (κ1) is 48.6. The third-order valence-corrected chi connectivity index (χ3v) is 19.0. The molecule has 0 fully saturated rings. The van der Waals surface area contributed by atoms with E-state index in [9.17, 15) is 0 Å². The molecular formula is C84H52N4. The molecule has 0 atom stereocenters. The fourth-order valence-corrected chi connectivity index (χ4v) is 15.0. The van der Waals surface area contributed by atoms with Gasteiger partial charge in [-0.25, -0.2) is 0 Å². The second kappa shape index (κ2) is 18.9. The molecule has 0 amide bonds. The Bertz CT molecular complexity index is 6080. The van der Waals surface area contributed by atoms with E-state index in [1.54, 1.807) is 0 Å². The van der Waals surface area contributed by atoms with E-state index in [0.717, 1.165) is 0 Å². The number of nitrogens with one attached hydrogen (secondary N) is 1. The maximum Gasteiger partial charge on any atom is 0.0619 e. The molecule has 4 heteroatoms. The lowest BCUT2D eigenvalue weighted by Gasteiger charge is -2.14. The van der Waals surface area contributed by atoms with Crippen LogP contribution in [0.1, 0.15) is 0 Å². The number of rotatable bonds is 5. The highest BCUT2D eigenvalue weighted by atomic mass is 15.0. The van der Waals surface area contributed by atoms with Crippen LogP contribution >= 0.6 is 0 Å². The summed E-state index contributed by atoms with van der Waals surface area (Å²) in [6.45, 7) is 0. The first-order valence-electron chi connectivity index (χ1n) is 30.4. The van der Waals surface area contributed by atoms with Crippen LogP contribution in [0.15, 0.2) is 309 Å². The van der Waals surface area contributed by atoms with Crippen molar-refractivity contribution in [1.82, 2.24) is 18.7 Å². The van der Waals surface area contributed by atoms with E-state index in [1.165, 1.54) is 181 Å². The molecule has 0 bridgehead atoms. The maximum atomic E-state index is 3.67. The number of aromatic nitrogens is 4. The molecule has 0 radical (unpaired) electrons. The molecule has 4 heterocycles. The molecule has 88 heavy (non-hydrogen) atoms. The molecular weight excluding hydrogens is 1060 g/mol. The molecule has 0 aliphatic heterocycles. The van der Waals surface area contributed by atoms with Gasteiger partial charge in [-0.2, -0.15) is 0 Å². The van der Waals surface area contributed by atoms with Crippen molar-refractivity contribution in [3.8, 4) is 61.6 Å². The molecule has 1 aliphatic carbocycles. The molecule has 1 aliphatic rings. The van der Waals surface area contributed by atoms with Crippen LogP contribution in [-0.4, -0.2) is 18.7 Å². The fraction of sp³-hybridized carbons (Fsp3) is 0. The summed E-state index contributed by atoms with van der Waals surface area (Å²) in [4.78, 5) is 3.67. The van der Waals surface area contributed by atoms with E-state index in [-0.39, 0.29) is 0 Å². The van der Waals surface area contributed by atoms with Gasteiger partial charge in [-0.05, 0) is 152 Å². The SMILES string of the molecule is c1ccc(-n2c3ccccc3c3cc(-c4ccc5[nH]c6c7ccccc7ccc6c5c4)ccc32)cc1.c1ccc(-n2c3ccccc3c3cc(-c4ccc5c(c4)c4ccc6ccccc6c4n5-c4ccc5c6c(cccc46)-c4ccccc4-5)ccc32)cc1. The first-order valence-corrected chi connectivity index (χ1v) is 30.4. The summed E-state index contributed by atoms with van der Waals surface area (Å²) in [6, 6.07) is 113. The zero-order valence-electron chi connectivity index (χ0n) is 47.8. The molecule has 0 saturated carbocycles. The smallest absolute Gasteiger partial charge is 0.0619 e. The van der Waals surface area contributed by atoms with Crippen molar-refractivity contribution in [2.75, 3.05) is 0 Å². The number of H-pyrrole nitrogens is 1. The molecule has 4 aromatic heterocycles. The molecule has 408 valence electrons. The van der Waals surface area contributed by atoms with Crippen molar-refractivity contribution < 1.29 is 0 Å². The number of para-hydroxylation sites is 4. The molecule has 20 rings (SSSR count). The highest BCUT2D eigenvalue weighted by molar-refractivity contribution is 6.23. The molecule has 0 spiro atoms. The number of nitrogens with zero attached hydrogens (tertiary/aromatic N) is 3. The van der Waals surface area contributed by atoms with Crippen LogP contribution in [0.4, 0.5) is 0 Å². The quantitative estimate of drug-likeness (QED) is 0.178. The summed E-state index contributed by atoms with van der Waals surface area (Å²) in [7, 11) is 0. The lowest BCUT2D eigenvalue weighted by molar-refractivity contribution is 1.18. The zero-order chi connectivity index (χ0) is 57.6. The van der Waals surface area contributed by atoms with Crippen LogP contribution in [0.5, 0.6) is 0 Å². The van der Waals surface area contributed by atoms with Crippen molar-refractivity contribution in [3.63, 3.8) is 0 Å². The van der Waals surface area contributed by atoms with Crippen molar-refractivity contribution in [2.24, 2.45) is 0 Å². The van der Waals surface area contributed by atoms with E-state index in [4.69, 9.17) is 0 Å². The average Bonchev–Trinajstić information content (AvgIpc) is 1.82. The Morgan fingerprint density at radius 3 is 1.27 bits per heavy atom. The van der Waals surface area contributed by atoms with Gasteiger partial charge in [0.25, 0.3) is 0 Å². The standard InChI is InChI=1S/C50H30N2.C34H22N2/c1-2-12-34(13-3-1)51-45-20-9-8-17-38(45)43-29-32(22-26-47(43)51)33-23-27-48-44(30-33)41-24-21-31-11-4-5-14-35(31)50(41)52(48)46-28-25-40-37-16-7-6-15-36(37)39-18-10-19-42(46)49(39)40;1-2-9-25(10-3-1)36-32-13-7-6-12-27(32)30-21-24(16-19-33(30)36)23-15-18-31-29(20-23)28-17-14-22-8-4-5-11-26(22)34(28)35-31/h1-30H;1-21,35H. The number of aromatic amines is 1. The van der Waals surface area contributed by atoms with Gasteiger partial charge in [-0.15, -0.1) is 0 Å². The van der Waals surface area contributed by atoms with Crippen molar-refractivity contribution in [3.05, 3.63) is 309 Å². The monoisotopic (exact) mass is 1120 g/mol. The third kappa shape index (κ3) is 7.14. The molecule has 15 aromatic carbocycles. The maximum absolute atomic E-state index is 3.67. The van der Waals surface area contributed by atoms with E-state index in [1.807, 2.05) is 0 Å². The van der Waals surface area contributed by atoms with Gasteiger partial charge in [0.05, 0.1) is 44.3 Å². The van der Waals surface area contributed by atoms with E-state index < -0.39 is 0 Å². The van der Waals surface area contributed by atoms with Crippen LogP contribution < -0.4 is 0 Å². The molecule has 4 nitrogen and oxygen atoms in total. The van der Waals surface area contributed by atoms with Gasteiger partial charge in [-0.1, -0.05) is 218 Å². The lowest BCUT2D eigenvalue weighted by atomic mass is 10.00. The summed E-state index contributed by atoms with van der Waals surface area (Å²) in [5.74, 6) is 0. The van der Waals surface area contributed by atoms with Gasteiger partial charge >= 0.3 is 0 Å². The minimum Gasteiger partial charge on any atom is -0.354 e. The number of hydrogen-bond acceptors (Lipinski definition) is 0. The second-order valence-corrected chi connectivity index (χ2v) is 23.6. The van der Waals surface area contributed by atoms with Crippen LogP contribution in [0, 0.1) is 0 Å². The summed E-state index contributed by atoms with van der Waals surface area (Å²) >= 11 is 0. The van der Waals surface area contributed by atoms with Crippen LogP contribution in [0.2, 0.25) is 0 Å². The minimum absolute atomic E-state index is 1.17. The second-order valence-electron chi connectivity index (χ2n) is 23.6. The normalized spacial score (nSPS) is 12.1. The summed E-state index contributed by atoms with van der Waals surface area (Å²) < 4.78 is 7.27. The lowest BCUT2D eigenvalue weighted by Crippen LogP contribution is -1.96. The predicted octanol–water partition coefficient (Wildman–Crippen LogP) is 22.7. The van der Waals surface area contributed by atoms with Gasteiger partial charge in [0.2, 0.25) is 0 Å². The minimum atomic E-state index is 1.17. The highest BCUT2D eigenvalue weighted by Gasteiger charge is 2.25. The summed E-state index contributed by atoms with van der Waals surface area (Å²) in [5, 5.41) is 17.8. The Balaban J connectivity index is 0.000000137. The Labute approximate surface area is 506 Å². The van der Waals surface area contributed by atoms with Crippen molar-refractivity contribution in [2.45, 2.75) is 0 Å². The van der Waals surface area contributed by atoms with Gasteiger partial charge in [-0.3, -0.25) is 0 Å². The van der Waals surface area contributed by atoms with Gasteiger partial charge < -0.3 is 18.7 Å². The fourth-order valence-electron chi connectivity index (χ4n) is 15.0. The first-order chi connectivity index (χ1) is 43.7.